The highest BCUT2D eigenvalue weighted by Gasteiger charge is 2.53. The van der Waals surface area contributed by atoms with E-state index in [-0.39, 0.29) is 16.7 Å². The molecule has 1 aromatic rings. The maximum absolute atomic E-state index is 12.7. The molecule has 0 radical (unpaired) electrons. The monoisotopic (exact) mass is 432 g/mol. The number of pyridine rings is 1. The highest BCUT2D eigenvalue weighted by atomic mass is 32.2. The third kappa shape index (κ3) is 4.18. The summed E-state index contributed by atoms with van der Waals surface area (Å²) in [4.78, 5) is 46.5. The Hall–Kier alpha value is -2.13. The zero-order valence-electron chi connectivity index (χ0n) is 17.1. The fourth-order valence-electron chi connectivity index (χ4n) is 4.65. The van der Waals surface area contributed by atoms with Gasteiger partial charge in [0.25, 0.3) is 5.24 Å². The van der Waals surface area contributed by atoms with E-state index in [1.54, 1.807) is 18.3 Å². The van der Waals surface area contributed by atoms with Gasteiger partial charge >= 0.3 is 5.97 Å². The zero-order chi connectivity index (χ0) is 21.1. The lowest BCUT2D eigenvalue weighted by atomic mass is 10.1. The number of imide groups is 1. The van der Waals surface area contributed by atoms with E-state index in [0.717, 1.165) is 71.2 Å². The summed E-state index contributed by atoms with van der Waals surface area (Å²) in [6.07, 6.45) is 7.13. The molecule has 3 fully saturated rings. The first-order valence-electron chi connectivity index (χ1n) is 10.7. The topological polar surface area (TPSA) is 94.1 Å². The molecule has 1 aromatic heterocycles. The molecule has 30 heavy (non-hydrogen) atoms. The summed E-state index contributed by atoms with van der Waals surface area (Å²) in [5.74, 6) is -0.383. The third-order valence-corrected chi connectivity index (χ3v) is 7.71. The van der Waals surface area contributed by atoms with E-state index in [0.29, 0.717) is 12.4 Å². The van der Waals surface area contributed by atoms with Crippen LogP contribution in [0.2, 0.25) is 0 Å². The Balaban J connectivity index is 1.20. The fraction of sp³-hybridized carbons (Fsp3) is 0.619. The van der Waals surface area contributed by atoms with Crippen LogP contribution in [0.1, 0.15) is 48.9 Å². The molecular weight excluding hydrogens is 404 g/mol. The van der Waals surface area contributed by atoms with Gasteiger partial charge in [0.2, 0.25) is 5.91 Å². The minimum Gasteiger partial charge on any atom is -0.478 e. The van der Waals surface area contributed by atoms with Gasteiger partial charge in [-0.15, -0.1) is 0 Å². The highest BCUT2D eigenvalue weighted by Crippen LogP contribution is 2.48. The number of carboxylic acid groups (broad SMARTS) is 1. The van der Waals surface area contributed by atoms with Crippen LogP contribution < -0.4 is 4.90 Å². The van der Waals surface area contributed by atoms with Crippen LogP contribution in [0.25, 0.3) is 0 Å². The van der Waals surface area contributed by atoms with Crippen molar-refractivity contribution in [2.24, 2.45) is 0 Å². The third-order valence-electron chi connectivity index (χ3n) is 6.34. The van der Waals surface area contributed by atoms with Gasteiger partial charge in [-0.25, -0.2) is 9.78 Å². The first-order chi connectivity index (χ1) is 14.5. The van der Waals surface area contributed by atoms with Gasteiger partial charge in [-0.3, -0.25) is 19.4 Å². The Labute approximate surface area is 180 Å². The van der Waals surface area contributed by atoms with Crippen LogP contribution in [0.5, 0.6) is 0 Å². The van der Waals surface area contributed by atoms with Crippen LogP contribution in [0.4, 0.5) is 10.6 Å². The summed E-state index contributed by atoms with van der Waals surface area (Å²) < 4.78 is -0.451. The minimum atomic E-state index is -0.955. The number of carbonyl (C=O) groups is 3. The molecule has 9 heteroatoms. The zero-order valence-corrected chi connectivity index (χ0v) is 17.9. The molecular formula is C21H28N4O4S. The van der Waals surface area contributed by atoms with Crippen molar-refractivity contribution in [3.05, 3.63) is 23.9 Å². The van der Waals surface area contributed by atoms with E-state index in [2.05, 4.69) is 9.88 Å². The second-order valence-electron chi connectivity index (χ2n) is 8.24. The summed E-state index contributed by atoms with van der Waals surface area (Å²) in [6, 6.07) is 3.23. The number of nitrogens with zero attached hydrogens (tertiary/aromatic N) is 4. The summed E-state index contributed by atoms with van der Waals surface area (Å²) >= 11 is 1.25. The van der Waals surface area contributed by atoms with Crippen molar-refractivity contribution in [2.75, 3.05) is 44.2 Å². The number of hydrogen-bond acceptors (Lipinski definition) is 7. The smallest absolute Gasteiger partial charge is 0.339 e. The Kier molecular flexibility index (Phi) is 6.29. The van der Waals surface area contributed by atoms with E-state index in [1.165, 1.54) is 16.7 Å². The Morgan fingerprint density at radius 3 is 2.50 bits per heavy atom. The van der Waals surface area contributed by atoms with Crippen LogP contribution in [0.3, 0.4) is 0 Å². The number of anilines is 1. The van der Waals surface area contributed by atoms with Crippen molar-refractivity contribution in [2.45, 2.75) is 43.3 Å². The van der Waals surface area contributed by atoms with Crippen molar-refractivity contribution in [3.63, 3.8) is 0 Å². The quantitative estimate of drug-likeness (QED) is 0.658. The molecule has 0 unspecified atom stereocenters. The van der Waals surface area contributed by atoms with Gasteiger partial charge in [-0.05, 0) is 56.1 Å². The standard InChI is InChI=1S/C21H28N4O4S/c26-18(27)16-6-5-9-22-17(16)24-14-12-23(13-15-24)10-3-4-11-25-19(28)21(30-20(25)29)7-1-2-8-21/h5-6,9H,1-4,7-8,10-15H2,(H,26,27). The first-order valence-corrected chi connectivity index (χ1v) is 11.5. The molecule has 2 amide bonds. The van der Waals surface area contributed by atoms with Gasteiger partial charge in [0.05, 0.1) is 0 Å². The lowest BCUT2D eigenvalue weighted by Crippen LogP contribution is -2.47. The van der Waals surface area contributed by atoms with Gasteiger partial charge in [0.15, 0.2) is 0 Å². The average molecular weight is 433 g/mol. The van der Waals surface area contributed by atoms with Crippen molar-refractivity contribution in [1.29, 1.82) is 0 Å². The molecule has 4 rings (SSSR count). The molecule has 1 aliphatic carbocycles. The number of carboxylic acids is 1. The Bertz CT molecular complexity index is 819. The van der Waals surface area contributed by atoms with Gasteiger partial charge in [-0.2, -0.15) is 0 Å². The largest absolute Gasteiger partial charge is 0.478 e. The molecule has 2 aliphatic heterocycles. The molecule has 0 atom stereocenters. The van der Waals surface area contributed by atoms with Gasteiger partial charge < -0.3 is 10.0 Å². The normalized spacial score (nSPS) is 21.7. The van der Waals surface area contributed by atoms with E-state index < -0.39 is 10.7 Å². The lowest BCUT2D eigenvalue weighted by Gasteiger charge is -2.35. The summed E-state index contributed by atoms with van der Waals surface area (Å²) in [6.45, 7) is 4.59. The lowest BCUT2D eigenvalue weighted by molar-refractivity contribution is -0.129. The molecule has 3 heterocycles. The van der Waals surface area contributed by atoms with Crippen molar-refractivity contribution in [3.8, 4) is 0 Å². The van der Waals surface area contributed by atoms with E-state index in [4.69, 9.17) is 0 Å². The van der Waals surface area contributed by atoms with E-state index in [1.807, 2.05) is 4.90 Å². The minimum absolute atomic E-state index is 0.0354. The summed E-state index contributed by atoms with van der Waals surface area (Å²) in [5.41, 5.74) is 0.240. The molecule has 3 aliphatic rings. The van der Waals surface area contributed by atoms with Gasteiger partial charge in [-0.1, -0.05) is 12.8 Å². The number of hydrogen-bond donors (Lipinski definition) is 1. The first kappa shape index (κ1) is 21.1. The molecule has 0 aromatic carbocycles. The molecule has 8 nitrogen and oxygen atoms in total. The van der Waals surface area contributed by atoms with Crippen LogP contribution in [-0.2, 0) is 4.79 Å². The number of unbranched alkanes of at least 4 members (excludes halogenated alkanes) is 1. The van der Waals surface area contributed by atoms with Gasteiger partial charge in [0, 0.05) is 38.9 Å². The summed E-state index contributed by atoms with van der Waals surface area (Å²) in [5, 5.41) is 9.29. The molecule has 1 N–H and O–H groups in total. The number of rotatable bonds is 7. The van der Waals surface area contributed by atoms with Crippen LogP contribution in [0.15, 0.2) is 18.3 Å². The summed E-state index contributed by atoms with van der Waals surface area (Å²) in [7, 11) is 0. The van der Waals surface area contributed by atoms with Gasteiger partial charge in [0.1, 0.15) is 16.1 Å². The van der Waals surface area contributed by atoms with Crippen LogP contribution in [0, 0.1) is 0 Å². The van der Waals surface area contributed by atoms with E-state index in [9.17, 15) is 19.5 Å². The predicted octanol–water partition coefficient (Wildman–Crippen LogP) is 2.69. The van der Waals surface area contributed by atoms with Crippen molar-refractivity contribution >= 4 is 34.7 Å². The average Bonchev–Trinajstić information content (AvgIpc) is 3.31. The SMILES string of the molecule is O=C(O)c1cccnc1N1CCN(CCCCN2C(=O)SC3(CCCC3)C2=O)CC1. The number of aromatic nitrogens is 1. The molecule has 1 saturated carbocycles. The second kappa shape index (κ2) is 8.93. The van der Waals surface area contributed by atoms with E-state index >= 15 is 0 Å². The second-order valence-corrected chi connectivity index (χ2v) is 9.58. The maximum Gasteiger partial charge on any atom is 0.339 e. The maximum atomic E-state index is 12.7. The van der Waals surface area contributed by atoms with Crippen molar-refractivity contribution in [1.82, 2.24) is 14.8 Å². The molecule has 0 bridgehead atoms. The molecule has 1 spiro atoms. The number of aromatic carboxylic acids is 1. The molecule has 162 valence electrons. The van der Waals surface area contributed by atoms with Crippen LogP contribution >= 0.6 is 11.8 Å². The number of carbonyl (C=O) groups excluding carboxylic acids is 2. The van der Waals surface area contributed by atoms with Crippen molar-refractivity contribution < 1.29 is 19.5 Å². The number of amides is 2. The number of piperazine rings is 1. The van der Waals surface area contributed by atoms with Crippen LogP contribution in [-0.4, -0.2) is 81.0 Å². The Morgan fingerprint density at radius 2 is 1.80 bits per heavy atom. The molecule has 2 saturated heterocycles. The number of thioether (sulfide) groups is 1. The highest BCUT2D eigenvalue weighted by molar-refractivity contribution is 8.16. The fourth-order valence-corrected chi connectivity index (χ4v) is 5.96. The predicted molar refractivity (Wildman–Crippen MR) is 115 cm³/mol. The Morgan fingerprint density at radius 1 is 1.10 bits per heavy atom.